The molecule has 36 heavy (non-hydrogen) atoms. The number of rotatable bonds is 7. The van der Waals surface area contributed by atoms with E-state index in [-0.39, 0.29) is 5.91 Å². The summed E-state index contributed by atoms with van der Waals surface area (Å²) in [6.07, 6.45) is 7.85. The van der Waals surface area contributed by atoms with Gasteiger partial charge in [-0.3, -0.25) is 9.78 Å². The van der Waals surface area contributed by atoms with Crippen molar-refractivity contribution in [3.63, 3.8) is 0 Å². The van der Waals surface area contributed by atoms with Gasteiger partial charge >= 0.3 is 0 Å². The van der Waals surface area contributed by atoms with Crippen LogP contribution in [0.5, 0.6) is 0 Å². The van der Waals surface area contributed by atoms with Gasteiger partial charge in [0, 0.05) is 55.6 Å². The zero-order valence-corrected chi connectivity index (χ0v) is 21.0. The fourth-order valence-electron chi connectivity index (χ4n) is 5.12. The number of carbonyl (C=O) groups is 1. The first-order chi connectivity index (χ1) is 17.5. The summed E-state index contributed by atoms with van der Waals surface area (Å²) >= 11 is 0. The highest BCUT2D eigenvalue weighted by molar-refractivity contribution is 6.05. The van der Waals surface area contributed by atoms with Gasteiger partial charge in [0.15, 0.2) is 0 Å². The van der Waals surface area contributed by atoms with Crippen LogP contribution in [0.15, 0.2) is 47.7 Å². The predicted octanol–water partition coefficient (Wildman–Crippen LogP) is 3.77. The van der Waals surface area contributed by atoms with Crippen LogP contribution in [0.1, 0.15) is 46.9 Å². The average Bonchev–Trinajstić information content (AvgIpc) is 3.48. The molecule has 0 saturated carbocycles. The summed E-state index contributed by atoms with van der Waals surface area (Å²) in [6.45, 7) is 8.03. The largest absolute Gasteiger partial charge is 0.356 e. The van der Waals surface area contributed by atoms with Crippen molar-refractivity contribution in [1.82, 2.24) is 25.2 Å². The molecule has 1 fully saturated rings. The number of carbonyl (C=O) groups excluding carboxylic acids is 1. The number of anilines is 3. The van der Waals surface area contributed by atoms with Gasteiger partial charge < -0.3 is 25.4 Å². The Morgan fingerprint density at radius 2 is 2.08 bits per heavy atom. The first-order valence-electron chi connectivity index (χ1n) is 12.3. The number of aliphatic imine (C=N–C) groups is 1. The molecule has 9 nitrogen and oxygen atoms in total. The van der Waals surface area contributed by atoms with Crippen molar-refractivity contribution in [3.05, 3.63) is 65.1 Å². The lowest BCUT2D eigenvalue weighted by atomic mass is 9.97. The van der Waals surface area contributed by atoms with Crippen LogP contribution in [0.2, 0.25) is 0 Å². The quantitative estimate of drug-likeness (QED) is 0.442. The van der Waals surface area contributed by atoms with E-state index in [1.165, 1.54) is 0 Å². The topological polar surface area (TPSA) is 99.5 Å². The van der Waals surface area contributed by atoms with Crippen LogP contribution in [0.4, 0.5) is 23.1 Å². The third-order valence-corrected chi connectivity index (χ3v) is 7.08. The molecule has 1 amide bonds. The highest BCUT2D eigenvalue weighted by atomic mass is 16.1. The number of amides is 1. The second kappa shape index (κ2) is 9.94. The number of hydrogen-bond acceptors (Lipinski definition) is 7. The van der Waals surface area contributed by atoms with Gasteiger partial charge in [0.25, 0.3) is 5.91 Å². The molecule has 0 aromatic carbocycles. The van der Waals surface area contributed by atoms with Crippen LogP contribution >= 0.6 is 0 Å². The molecule has 9 heteroatoms. The molecule has 2 aliphatic rings. The summed E-state index contributed by atoms with van der Waals surface area (Å²) in [5, 5.41) is 9.69. The molecule has 2 aliphatic heterocycles. The Hall–Kier alpha value is -3.98. The zero-order chi connectivity index (χ0) is 25.2. The van der Waals surface area contributed by atoms with Crippen molar-refractivity contribution in [3.8, 4) is 0 Å². The fourth-order valence-corrected chi connectivity index (χ4v) is 5.12. The molecule has 5 heterocycles. The van der Waals surface area contributed by atoms with E-state index in [1.54, 1.807) is 6.20 Å². The molecule has 0 aliphatic carbocycles. The van der Waals surface area contributed by atoms with Crippen LogP contribution < -0.4 is 20.9 Å². The molecule has 5 rings (SSSR count). The van der Waals surface area contributed by atoms with Crippen LogP contribution in [-0.4, -0.2) is 53.3 Å². The number of nitrogens with zero attached hydrogens (tertiary/aromatic N) is 5. The van der Waals surface area contributed by atoms with Crippen molar-refractivity contribution in [2.75, 3.05) is 30.4 Å². The fraction of sp³-hybridized carbons (Fsp3) is 0.333. The van der Waals surface area contributed by atoms with E-state index in [0.717, 1.165) is 60.0 Å². The van der Waals surface area contributed by atoms with Crippen molar-refractivity contribution in [1.29, 1.82) is 0 Å². The lowest BCUT2D eigenvalue weighted by Crippen LogP contribution is -2.41. The summed E-state index contributed by atoms with van der Waals surface area (Å²) < 4.78 is 1.92. The molecule has 0 bridgehead atoms. The third kappa shape index (κ3) is 4.26. The SMILES string of the molecule is C=Nc1c(/C(=C\C)c2ncc(Nc3cccc(N4CCC(NC)CC4)n3)c3c2CNC3=O)ccn1C. The van der Waals surface area contributed by atoms with E-state index >= 15 is 0 Å². The lowest BCUT2D eigenvalue weighted by molar-refractivity contribution is 0.0966. The number of pyridine rings is 2. The van der Waals surface area contributed by atoms with Crippen LogP contribution in [0.25, 0.3) is 5.57 Å². The molecule has 186 valence electrons. The van der Waals surface area contributed by atoms with E-state index in [2.05, 4.69) is 32.6 Å². The van der Waals surface area contributed by atoms with Crippen molar-refractivity contribution >= 4 is 41.3 Å². The monoisotopic (exact) mass is 484 g/mol. The second-order valence-electron chi connectivity index (χ2n) is 9.14. The highest BCUT2D eigenvalue weighted by Gasteiger charge is 2.29. The second-order valence-corrected chi connectivity index (χ2v) is 9.14. The van der Waals surface area contributed by atoms with E-state index in [0.29, 0.717) is 29.7 Å². The van der Waals surface area contributed by atoms with Gasteiger partial charge in [-0.2, -0.15) is 0 Å². The summed E-state index contributed by atoms with van der Waals surface area (Å²) in [5.41, 5.74) is 4.73. The number of fused-ring (bicyclic) bond motifs is 1. The van der Waals surface area contributed by atoms with Gasteiger partial charge in [0.2, 0.25) is 0 Å². The van der Waals surface area contributed by atoms with Crippen molar-refractivity contribution in [2.24, 2.45) is 12.0 Å². The first-order valence-corrected chi connectivity index (χ1v) is 12.3. The number of piperidine rings is 1. The van der Waals surface area contributed by atoms with Crippen LogP contribution in [-0.2, 0) is 13.6 Å². The molecule has 1 saturated heterocycles. The summed E-state index contributed by atoms with van der Waals surface area (Å²) in [5.74, 6) is 2.27. The Morgan fingerprint density at radius 1 is 1.28 bits per heavy atom. The number of allylic oxidation sites excluding steroid dienone is 1. The van der Waals surface area contributed by atoms with E-state index in [1.807, 2.05) is 62.1 Å². The smallest absolute Gasteiger partial charge is 0.254 e. The summed E-state index contributed by atoms with van der Waals surface area (Å²) in [7, 11) is 3.95. The minimum atomic E-state index is -0.118. The summed E-state index contributed by atoms with van der Waals surface area (Å²) in [6, 6.07) is 8.50. The maximum absolute atomic E-state index is 12.9. The molecule has 3 N–H and O–H groups in total. The maximum Gasteiger partial charge on any atom is 0.254 e. The minimum Gasteiger partial charge on any atom is -0.356 e. The van der Waals surface area contributed by atoms with Crippen molar-refractivity contribution in [2.45, 2.75) is 32.4 Å². The molecule has 0 spiro atoms. The number of hydrogen-bond donors (Lipinski definition) is 3. The predicted molar refractivity (Wildman–Crippen MR) is 145 cm³/mol. The first kappa shape index (κ1) is 23.7. The van der Waals surface area contributed by atoms with E-state index in [4.69, 9.17) is 9.97 Å². The minimum absolute atomic E-state index is 0.118. The lowest BCUT2D eigenvalue weighted by Gasteiger charge is -2.32. The number of aryl methyl sites for hydroxylation is 1. The van der Waals surface area contributed by atoms with Gasteiger partial charge in [-0.05, 0) is 51.7 Å². The molecule has 0 atom stereocenters. The number of nitrogens with one attached hydrogen (secondary N) is 3. The average molecular weight is 485 g/mol. The molecular formula is C27H32N8O. The van der Waals surface area contributed by atoms with Gasteiger partial charge in [0.1, 0.15) is 17.5 Å². The van der Waals surface area contributed by atoms with Gasteiger partial charge in [-0.15, -0.1) is 0 Å². The molecule has 0 radical (unpaired) electrons. The third-order valence-electron chi connectivity index (χ3n) is 7.08. The molecular weight excluding hydrogens is 452 g/mol. The normalized spacial score (nSPS) is 16.1. The summed E-state index contributed by atoms with van der Waals surface area (Å²) in [4.78, 5) is 29.1. The Morgan fingerprint density at radius 3 is 2.81 bits per heavy atom. The maximum atomic E-state index is 12.9. The highest BCUT2D eigenvalue weighted by Crippen LogP contribution is 2.37. The van der Waals surface area contributed by atoms with Crippen LogP contribution in [0, 0.1) is 0 Å². The number of aromatic nitrogens is 3. The van der Waals surface area contributed by atoms with Gasteiger partial charge in [-0.1, -0.05) is 12.1 Å². The standard InChI is InChI=1S/C27H32N8O/c1-5-18(19-11-12-34(4)26(19)29-3)25-20-15-31-27(36)24(20)21(16-30-25)32-22-7-6-8-23(33-22)35-13-9-17(28-2)10-14-35/h5-8,11-12,16-17,28H,3,9-10,13-15H2,1-2,4H3,(H,31,36)(H,32,33)/b18-5+. The van der Waals surface area contributed by atoms with E-state index < -0.39 is 0 Å². The zero-order valence-electron chi connectivity index (χ0n) is 21.0. The van der Waals surface area contributed by atoms with Gasteiger partial charge in [0.05, 0.1) is 23.1 Å². The Balaban J connectivity index is 1.46. The Labute approximate surface area is 211 Å². The Bertz CT molecular complexity index is 1330. The molecule has 3 aromatic heterocycles. The van der Waals surface area contributed by atoms with Crippen LogP contribution in [0.3, 0.4) is 0 Å². The van der Waals surface area contributed by atoms with Crippen molar-refractivity contribution < 1.29 is 4.79 Å². The Kier molecular flexibility index (Phi) is 6.56. The van der Waals surface area contributed by atoms with E-state index in [9.17, 15) is 4.79 Å². The molecule has 3 aromatic rings. The molecule has 0 unspecified atom stereocenters. The van der Waals surface area contributed by atoms with Gasteiger partial charge in [-0.25, -0.2) is 9.98 Å².